The molecule has 196 valence electrons. The van der Waals surface area contributed by atoms with E-state index in [1.165, 1.54) is 6.92 Å². The Morgan fingerprint density at radius 1 is 0.972 bits per heavy atom. The van der Waals surface area contributed by atoms with E-state index in [1.54, 1.807) is 0 Å². The number of rotatable bonds is 3. The van der Waals surface area contributed by atoms with Gasteiger partial charge in [0.15, 0.2) is 5.60 Å². The predicted molar refractivity (Wildman–Crippen MR) is 143 cm³/mol. The number of amides is 1. The first-order valence-electron chi connectivity index (χ1n) is 12.6. The highest BCUT2D eigenvalue weighted by Crippen LogP contribution is 2.45. The number of benzene rings is 2. The summed E-state index contributed by atoms with van der Waals surface area (Å²) in [5, 5.41) is 14.1. The van der Waals surface area contributed by atoms with Crippen LogP contribution in [0.3, 0.4) is 0 Å². The second-order valence-electron chi connectivity index (χ2n) is 12.3. The van der Waals surface area contributed by atoms with Crippen LogP contribution in [0.25, 0.3) is 0 Å². The normalized spacial score (nSPS) is 17.8. The Labute approximate surface area is 215 Å². The van der Waals surface area contributed by atoms with Crippen molar-refractivity contribution in [1.29, 1.82) is 0 Å². The number of phenolic OH excluding ortho intramolecular Hbond substituents is 1. The van der Waals surface area contributed by atoms with E-state index in [0.717, 1.165) is 33.4 Å². The maximum atomic E-state index is 13.6. The number of carbonyl (C=O) groups excluding carboxylic acids is 2. The zero-order valence-corrected chi connectivity index (χ0v) is 23.6. The van der Waals surface area contributed by atoms with Crippen molar-refractivity contribution in [1.82, 2.24) is 0 Å². The summed E-state index contributed by atoms with van der Waals surface area (Å²) in [5.74, 6) is 0.925. The molecule has 2 aromatic rings. The number of ether oxygens (including phenoxy) is 2. The van der Waals surface area contributed by atoms with Gasteiger partial charge in [0, 0.05) is 35.7 Å². The fraction of sp³-hybridized carbons (Fsp3) is 0.533. The molecule has 0 radical (unpaired) electrons. The third-order valence-electron chi connectivity index (χ3n) is 7.20. The molecule has 1 atom stereocenters. The van der Waals surface area contributed by atoms with Gasteiger partial charge in [0.05, 0.1) is 0 Å². The summed E-state index contributed by atoms with van der Waals surface area (Å²) in [4.78, 5) is 25.3. The van der Waals surface area contributed by atoms with Crippen molar-refractivity contribution in [2.24, 2.45) is 0 Å². The van der Waals surface area contributed by atoms with Crippen LogP contribution in [0.1, 0.15) is 95.2 Å². The fourth-order valence-corrected chi connectivity index (χ4v) is 4.80. The zero-order chi connectivity index (χ0) is 27.4. The van der Waals surface area contributed by atoms with Crippen molar-refractivity contribution in [3.63, 3.8) is 0 Å². The summed E-state index contributed by atoms with van der Waals surface area (Å²) in [7, 11) is 0. The quantitative estimate of drug-likeness (QED) is 0.286. The highest BCUT2D eigenvalue weighted by atomic mass is 16.5. The second-order valence-corrected chi connectivity index (χ2v) is 12.3. The first-order valence-corrected chi connectivity index (χ1v) is 12.6. The SMILES string of the molecule is CC(=O)Oc1c(C)c(C)c2c(c1C)CCC(C)(C(=O)Nc1cc(C(C)(C)C)c(O)c(C(C)(C)C)c1)O2. The number of aromatic hydroxyl groups is 1. The van der Waals surface area contributed by atoms with Crippen LogP contribution >= 0.6 is 0 Å². The summed E-state index contributed by atoms with van der Waals surface area (Å²) in [6, 6.07) is 3.71. The average molecular weight is 496 g/mol. The molecule has 1 amide bonds. The van der Waals surface area contributed by atoms with Crippen LogP contribution in [0.5, 0.6) is 17.2 Å². The molecule has 0 aromatic heterocycles. The fourth-order valence-electron chi connectivity index (χ4n) is 4.80. The molecule has 0 fully saturated rings. The van der Waals surface area contributed by atoms with Gasteiger partial charge in [0.1, 0.15) is 17.2 Å². The van der Waals surface area contributed by atoms with Gasteiger partial charge in [-0.3, -0.25) is 9.59 Å². The molecule has 36 heavy (non-hydrogen) atoms. The van der Waals surface area contributed by atoms with Gasteiger partial charge in [-0.2, -0.15) is 0 Å². The molecule has 0 saturated carbocycles. The number of anilines is 1. The van der Waals surface area contributed by atoms with Crippen LogP contribution in [-0.2, 0) is 26.8 Å². The molecule has 6 heteroatoms. The van der Waals surface area contributed by atoms with Crippen molar-refractivity contribution in [2.45, 2.75) is 105 Å². The van der Waals surface area contributed by atoms with Crippen molar-refractivity contribution in [2.75, 3.05) is 5.32 Å². The molecule has 1 aliphatic heterocycles. The van der Waals surface area contributed by atoms with E-state index in [1.807, 2.05) is 81.4 Å². The Kier molecular flexibility index (Phi) is 6.99. The lowest BCUT2D eigenvalue weighted by Crippen LogP contribution is -2.48. The minimum Gasteiger partial charge on any atom is -0.507 e. The molecule has 0 bridgehead atoms. The van der Waals surface area contributed by atoms with E-state index in [0.29, 0.717) is 30.0 Å². The number of nitrogens with one attached hydrogen (secondary N) is 1. The van der Waals surface area contributed by atoms with Gasteiger partial charge < -0.3 is 19.9 Å². The van der Waals surface area contributed by atoms with Crippen LogP contribution < -0.4 is 14.8 Å². The summed E-state index contributed by atoms with van der Waals surface area (Å²) < 4.78 is 11.9. The maximum Gasteiger partial charge on any atom is 0.308 e. The third kappa shape index (κ3) is 5.09. The van der Waals surface area contributed by atoms with Crippen LogP contribution in [0.2, 0.25) is 0 Å². The van der Waals surface area contributed by atoms with E-state index >= 15 is 0 Å². The average Bonchev–Trinajstić information content (AvgIpc) is 2.74. The lowest BCUT2D eigenvalue weighted by atomic mass is 9.79. The summed E-state index contributed by atoms with van der Waals surface area (Å²) in [5.41, 5.74) is 4.04. The Morgan fingerprint density at radius 3 is 1.97 bits per heavy atom. The number of fused-ring (bicyclic) bond motifs is 1. The van der Waals surface area contributed by atoms with E-state index in [2.05, 4.69) is 5.32 Å². The lowest BCUT2D eigenvalue weighted by molar-refractivity contribution is -0.132. The molecule has 2 aromatic carbocycles. The highest BCUT2D eigenvalue weighted by Gasteiger charge is 2.41. The Hall–Kier alpha value is -3.02. The van der Waals surface area contributed by atoms with Gasteiger partial charge in [-0.25, -0.2) is 0 Å². The smallest absolute Gasteiger partial charge is 0.308 e. The zero-order valence-electron chi connectivity index (χ0n) is 23.6. The molecular formula is C30H41NO5. The summed E-state index contributed by atoms with van der Waals surface area (Å²) in [6.45, 7) is 21.2. The third-order valence-corrected chi connectivity index (χ3v) is 7.20. The van der Waals surface area contributed by atoms with Crippen molar-refractivity contribution < 1.29 is 24.2 Å². The number of hydrogen-bond acceptors (Lipinski definition) is 5. The topological polar surface area (TPSA) is 84.9 Å². The molecule has 0 aliphatic carbocycles. The minimum atomic E-state index is -1.08. The largest absolute Gasteiger partial charge is 0.507 e. The van der Waals surface area contributed by atoms with Gasteiger partial charge in [-0.1, -0.05) is 41.5 Å². The lowest BCUT2D eigenvalue weighted by Gasteiger charge is -2.37. The standard InChI is InChI=1S/C30H41NO5/c1-16-17(2)26-21(18(3)25(16)35-19(4)32)12-13-30(11,36-26)27(34)31-20-14-22(28(5,6)7)24(33)23(15-20)29(8,9)10/h14-15,33H,12-13H2,1-11H3,(H,31,34). The number of hydrogen-bond donors (Lipinski definition) is 2. The molecule has 1 aliphatic rings. The Bertz CT molecular complexity index is 1190. The van der Waals surface area contributed by atoms with Gasteiger partial charge in [-0.15, -0.1) is 0 Å². The van der Waals surface area contributed by atoms with Crippen LogP contribution in [0, 0.1) is 20.8 Å². The molecule has 0 saturated heterocycles. The first kappa shape index (κ1) is 27.6. The number of esters is 1. The van der Waals surface area contributed by atoms with Gasteiger partial charge in [0.25, 0.3) is 5.91 Å². The van der Waals surface area contributed by atoms with E-state index in [4.69, 9.17) is 9.47 Å². The molecule has 1 unspecified atom stereocenters. The number of carbonyl (C=O) groups is 2. The van der Waals surface area contributed by atoms with Crippen LogP contribution in [0.4, 0.5) is 5.69 Å². The van der Waals surface area contributed by atoms with Crippen LogP contribution in [0.15, 0.2) is 12.1 Å². The minimum absolute atomic E-state index is 0.239. The van der Waals surface area contributed by atoms with Gasteiger partial charge >= 0.3 is 5.97 Å². The van der Waals surface area contributed by atoms with E-state index in [-0.39, 0.29) is 28.5 Å². The summed E-state index contributed by atoms with van der Waals surface area (Å²) in [6.07, 6.45) is 1.10. The Balaban J connectivity index is 2.00. The maximum absolute atomic E-state index is 13.6. The molecule has 6 nitrogen and oxygen atoms in total. The highest BCUT2D eigenvalue weighted by molar-refractivity contribution is 5.98. The molecule has 2 N–H and O–H groups in total. The van der Waals surface area contributed by atoms with E-state index < -0.39 is 5.60 Å². The molecule has 1 heterocycles. The monoisotopic (exact) mass is 495 g/mol. The first-order chi connectivity index (χ1) is 16.4. The van der Waals surface area contributed by atoms with Crippen molar-refractivity contribution >= 4 is 17.6 Å². The van der Waals surface area contributed by atoms with Gasteiger partial charge in [0.2, 0.25) is 0 Å². The Morgan fingerprint density at radius 2 is 1.50 bits per heavy atom. The van der Waals surface area contributed by atoms with Gasteiger partial charge in [-0.05, 0) is 73.8 Å². The summed E-state index contributed by atoms with van der Waals surface area (Å²) >= 11 is 0. The van der Waals surface area contributed by atoms with Crippen LogP contribution in [-0.4, -0.2) is 22.6 Å². The molecule has 0 spiro atoms. The second kappa shape index (κ2) is 9.13. The molecule has 3 rings (SSSR count). The van der Waals surface area contributed by atoms with Crippen molar-refractivity contribution in [3.8, 4) is 17.2 Å². The van der Waals surface area contributed by atoms with Crippen molar-refractivity contribution in [3.05, 3.63) is 45.5 Å². The van der Waals surface area contributed by atoms with E-state index in [9.17, 15) is 14.7 Å². The predicted octanol–water partition coefficient (Wildman–Crippen LogP) is 6.56. The number of phenols is 1. The molecular weight excluding hydrogens is 454 g/mol.